The number of nitriles is 1. The minimum absolute atomic E-state index is 0.479. The van der Waals surface area contributed by atoms with Crippen LogP contribution in [0.15, 0.2) is 42.5 Å². The van der Waals surface area contributed by atoms with E-state index >= 15 is 0 Å². The summed E-state index contributed by atoms with van der Waals surface area (Å²) in [6, 6.07) is 16.0. The fraction of sp³-hybridized carbons (Fsp3) is 0.368. The maximum atomic E-state index is 9.01. The molecular formula is C19H22N4O. The maximum Gasteiger partial charge on any atom is 0.142 e. The van der Waals surface area contributed by atoms with Crippen molar-refractivity contribution in [1.82, 2.24) is 9.88 Å². The summed E-state index contributed by atoms with van der Waals surface area (Å²) in [5.41, 5.74) is 1.78. The molecule has 0 amide bonds. The van der Waals surface area contributed by atoms with Crippen LogP contribution in [0.2, 0.25) is 0 Å². The Morgan fingerprint density at radius 2 is 1.92 bits per heavy atom. The van der Waals surface area contributed by atoms with E-state index in [0.29, 0.717) is 5.69 Å². The Hall–Kier alpha value is -2.58. The van der Waals surface area contributed by atoms with Crippen molar-refractivity contribution in [2.45, 2.75) is 13.0 Å². The minimum atomic E-state index is 0.479. The first-order valence-corrected chi connectivity index (χ1v) is 8.26. The van der Waals surface area contributed by atoms with Crippen LogP contribution in [0, 0.1) is 11.3 Å². The molecule has 0 atom stereocenters. The van der Waals surface area contributed by atoms with Crippen LogP contribution in [-0.4, -0.2) is 43.2 Å². The van der Waals surface area contributed by atoms with Gasteiger partial charge in [-0.25, -0.2) is 4.98 Å². The Morgan fingerprint density at radius 3 is 2.67 bits per heavy atom. The molecule has 1 aromatic heterocycles. The molecule has 1 aliphatic heterocycles. The lowest BCUT2D eigenvalue weighted by Crippen LogP contribution is -2.31. The largest absolute Gasteiger partial charge is 0.497 e. The molecule has 2 heterocycles. The van der Waals surface area contributed by atoms with E-state index in [4.69, 9.17) is 10.00 Å². The highest BCUT2D eigenvalue weighted by Gasteiger charge is 2.16. The topological polar surface area (TPSA) is 52.4 Å². The Labute approximate surface area is 143 Å². The highest BCUT2D eigenvalue weighted by molar-refractivity contribution is 5.41. The molecule has 1 saturated heterocycles. The van der Waals surface area contributed by atoms with Gasteiger partial charge >= 0.3 is 0 Å². The molecule has 0 saturated carbocycles. The Bertz CT molecular complexity index is 708. The van der Waals surface area contributed by atoms with Gasteiger partial charge in [0, 0.05) is 32.7 Å². The first kappa shape index (κ1) is 16.3. The number of benzene rings is 1. The number of nitrogens with zero attached hydrogens (tertiary/aromatic N) is 4. The fourth-order valence-electron chi connectivity index (χ4n) is 3.01. The second kappa shape index (κ2) is 7.80. The number of methoxy groups -OCH3 is 1. The molecule has 3 rings (SSSR count). The van der Waals surface area contributed by atoms with E-state index in [9.17, 15) is 0 Å². The molecule has 0 N–H and O–H groups in total. The molecule has 0 spiro atoms. The fourth-order valence-corrected chi connectivity index (χ4v) is 3.01. The summed E-state index contributed by atoms with van der Waals surface area (Å²) >= 11 is 0. The molecule has 5 nitrogen and oxygen atoms in total. The third-order valence-corrected chi connectivity index (χ3v) is 4.33. The standard InChI is InChI=1S/C19H22N4O/c1-24-18-8-6-16(7-9-18)15-22-10-3-11-23(13-12-22)19-5-2-4-17(14-20)21-19/h2,4-9H,3,10-13,15H2,1H3. The van der Waals surface area contributed by atoms with Crippen molar-refractivity contribution in [3.63, 3.8) is 0 Å². The quantitative estimate of drug-likeness (QED) is 0.866. The molecule has 124 valence electrons. The molecule has 0 aliphatic carbocycles. The van der Waals surface area contributed by atoms with Crippen LogP contribution in [0.4, 0.5) is 5.82 Å². The number of ether oxygens (including phenoxy) is 1. The van der Waals surface area contributed by atoms with E-state index in [2.05, 4.69) is 33.0 Å². The van der Waals surface area contributed by atoms with Gasteiger partial charge in [0.1, 0.15) is 23.3 Å². The smallest absolute Gasteiger partial charge is 0.142 e. The van der Waals surface area contributed by atoms with Crippen LogP contribution in [0.3, 0.4) is 0 Å². The van der Waals surface area contributed by atoms with Gasteiger partial charge < -0.3 is 9.64 Å². The molecule has 1 aromatic carbocycles. The van der Waals surface area contributed by atoms with Crippen LogP contribution in [0.1, 0.15) is 17.7 Å². The number of rotatable bonds is 4. The van der Waals surface area contributed by atoms with Crippen LogP contribution < -0.4 is 9.64 Å². The maximum absolute atomic E-state index is 9.01. The van der Waals surface area contributed by atoms with Crippen molar-refractivity contribution >= 4 is 5.82 Å². The van der Waals surface area contributed by atoms with E-state index in [1.165, 1.54) is 5.56 Å². The van der Waals surface area contributed by atoms with Gasteiger partial charge in [0.15, 0.2) is 0 Å². The summed E-state index contributed by atoms with van der Waals surface area (Å²) in [5.74, 6) is 1.80. The summed E-state index contributed by atoms with van der Waals surface area (Å²) in [7, 11) is 1.69. The summed E-state index contributed by atoms with van der Waals surface area (Å²) in [5, 5.41) is 9.01. The van der Waals surface area contributed by atoms with Crippen LogP contribution >= 0.6 is 0 Å². The molecule has 1 fully saturated rings. The Balaban J connectivity index is 1.61. The molecule has 0 radical (unpaired) electrons. The molecule has 0 bridgehead atoms. The van der Waals surface area contributed by atoms with E-state index in [1.807, 2.05) is 24.3 Å². The third kappa shape index (κ3) is 4.03. The lowest BCUT2D eigenvalue weighted by molar-refractivity contribution is 0.285. The summed E-state index contributed by atoms with van der Waals surface area (Å²) in [6.45, 7) is 4.91. The van der Waals surface area contributed by atoms with Gasteiger partial charge in [0.25, 0.3) is 0 Å². The molecule has 24 heavy (non-hydrogen) atoms. The minimum Gasteiger partial charge on any atom is -0.497 e. The second-order valence-electron chi connectivity index (χ2n) is 5.96. The van der Waals surface area contributed by atoms with Crippen molar-refractivity contribution in [3.8, 4) is 11.8 Å². The van der Waals surface area contributed by atoms with Crippen molar-refractivity contribution in [3.05, 3.63) is 53.7 Å². The number of hydrogen-bond acceptors (Lipinski definition) is 5. The summed E-state index contributed by atoms with van der Waals surface area (Å²) < 4.78 is 5.21. The normalized spacial score (nSPS) is 15.6. The third-order valence-electron chi connectivity index (χ3n) is 4.33. The SMILES string of the molecule is COc1ccc(CN2CCCN(c3cccc(C#N)n3)CC2)cc1. The zero-order valence-electron chi connectivity index (χ0n) is 14.0. The summed E-state index contributed by atoms with van der Waals surface area (Å²) in [4.78, 5) is 9.16. The number of hydrogen-bond donors (Lipinski definition) is 0. The summed E-state index contributed by atoms with van der Waals surface area (Å²) in [6.07, 6.45) is 1.09. The van der Waals surface area contributed by atoms with Gasteiger partial charge in [-0.15, -0.1) is 0 Å². The predicted molar refractivity (Wildman–Crippen MR) is 94.1 cm³/mol. The van der Waals surface area contributed by atoms with Gasteiger partial charge in [-0.2, -0.15) is 5.26 Å². The van der Waals surface area contributed by atoms with Crippen LogP contribution in [0.5, 0.6) is 5.75 Å². The van der Waals surface area contributed by atoms with Gasteiger partial charge in [-0.05, 0) is 36.2 Å². The van der Waals surface area contributed by atoms with Gasteiger partial charge in [-0.3, -0.25) is 4.90 Å². The lowest BCUT2D eigenvalue weighted by Gasteiger charge is -2.23. The van der Waals surface area contributed by atoms with Gasteiger partial charge in [0.05, 0.1) is 7.11 Å². The lowest BCUT2D eigenvalue weighted by atomic mass is 10.2. The molecular weight excluding hydrogens is 300 g/mol. The van der Waals surface area contributed by atoms with Crippen molar-refractivity contribution < 1.29 is 4.74 Å². The number of pyridine rings is 1. The molecule has 2 aromatic rings. The van der Waals surface area contributed by atoms with Crippen molar-refractivity contribution in [2.75, 3.05) is 38.2 Å². The number of anilines is 1. The Kier molecular flexibility index (Phi) is 5.29. The van der Waals surface area contributed by atoms with Gasteiger partial charge in [-0.1, -0.05) is 18.2 Å². The second-order valence-corrected chi connectivity index (χ2v) is 5.96. The van der Waals surface area contributed by atoms with E-state index < -0.39 is 0 Å². The van der Waals surface area contributed by atoms with Crippen LogP contribution in [0.25, 0.3) is 0 Å². The van der Waals surface area contributed by atoms with E-state index in [-0.39, 0.29) is 0 Å². The average molecular weight is 322 g/mol. The molecule has 5 heteroatoms. The monoisotopic (exact) mass is 322 g/mol. The average Bonchev–Trinajstić information content (AvgIpc) is 2.88. The van der Waals surface area contributed by atoms with E-state index in [1.54, 1.807) is 13.2 Å². The highest BCUT2D eigenvalue weighted by atomic mass is 16.5. The van der Waals surface area contributed by atoms with Crippen molar-refractivity contribution in [1.29, 1.82) is 5.26 Å². The first-order valence-electron chi connectivity index (χ1n) is 8.26. The zero-order chi connectivity index (χ0) is 16.8. The molecule has 1 aliphatic rings. The Morgan fingerprint density at radius 1 is 1.08 bits per heavy atom. The highest BCUT2D eigenvalue weighted by Crippen LogP contribution is 2.17. The predicted octanol–water partition coefficient (Wildman–Crippen LogP) is 2.67. The first-order chi connectivity index (χ1) is 11.8. The molecule has 0 unspecified atom stereocenters. The van der Waals surface area contributed by atoms with Crippen LogP contribution in [-0.2, 0) is 6.54 Å². The van der Waals surface area contributed by atoms with Crippen molar-refractivity contribution in [2.24, 2.45) is 0 Å². The van der Waals surface area contributed by atoms with E-state index in [0.717, 1.165) is 50.7 Å². The number of aromatic nitrogens is 1. The zero-order valence-corrected chi connectivity index (χ0v) is 14.0. The van der Waals surface area contributed by atoms with Gasteiger partial charge in [0.2, 0.25) is 0 Å².